The van der Waals surface area contributed by atoms with Crippen LogP contribution in [0.3, 0.4) is 0 Å². The number of carboxylic acid groups (broad SMARTS) is 1. The molecule has 0 spiro atoms. The highest BCUT2D eigenvalue weighted by molar-refractivity contribution is 5.70. The Hall–Kier alpha value is -2.45. The smallest absolute Gasteiger partial charge is 0.306 e. The summed E-state index contributed by atoms with van der Waals surface area (Å²) in [4.78, 5) is 37.1. The Balaban J connectivity index is 4.21. The minimum Gasteiger partial charge on any atom is -0.544 e. The lowest BCUT2D eigenvalue weighted by atomic mass is 10.1. The Bertz CT molecular complexity index is 1170. The van der Waals surface area contributed by atoms with Crippen molar-refractivity contribution in [2.45, 2.75) is 276 Å². The number of esters is 2. The molecule has 0 aliphatic carbocycles. The number of rotatable bonds is 51. The molecular formula is C58H107NO7. The van der Waals surface area contributed by atoms with Gasteiger partial charge in [0.2, 0.25) is 0 Å². The van der Waals surface area contributed by atoms with Crippen LogP contribution in [0.4, 0.5) is 0 Å². The van der Waals surface area contributed by atoms with Crippen LogP contribution in [-0.2, 0) is 28.6 Å². The van der Waals surface area contributed by atoms with Gasteiger partial charge in [-0.3, -0.25) is 9.59 Å². The SMILES string of the molecule is CCCCCCCCCC/C=C/C/C=C/CCCCCCCCCC(=O)OC(COCCC(C(=O)[O-])[N+](C)(C)C)COC(=O)CCCCCCCCC/C=C/CCCCCCCCCCC. The molecule has 0 aromatic carbocycles. The first kappa shape index (κ1) is 63.5. The lowest BCUT2D eigenvalue weighted by Gasteiger charge is -2.34. The van der Waals surface area contributed by atoms with Gasteiger partial charge < -0.3 is 28.6 Å². The number of aliphatic carboxylic acids is 1. The van der Waals surface area contributed by atoms with Gasteiger partial charge >= 0.3 is 11.9 Å². The molecule has 0 fully saturated rings. The van der Waals surface area contributed by atoms with E-state index in [4.69, 9.17) is 14.2 Å². The predicted octanol–water partition coefficient (Wildman–Crippen LogP) is 15.2. The third-order valence-electron chi connectivity index (χ3n) is 12.7. The molecule has 0 heterocycles. The van der Waals surface area contributed by atoms with Crippen molar-refractivity contribution in [3.05, 3.63) is 36.5 Å². The number of likely N-dealkylation sites (N-methyl/N-ethyl adjacent to an activating group) is 1. The number of allylic oxidation sites excluding steroid dienone is 6. The molecular weight excluding hydrogens is 823 g/mol. The number of quaternary nitrogens is 1. The van der Waals surface area contributed by atoms with Crippen LogP contribution in [0, 0.1) is 0 Å². The maximum absolute atomic E-state index is 12.8. The second-order valence-corrected chi connectivity index (χ2v) is 20.2. The number of unbranched alkanes of at least 4 members (excludes halogenated alkanes) is 31. The Labute approximate surface area is 408 Å². The van der Waals surface area contributed by atoms with E-state index in [9.17, 15) is 19.5 Å². The van der Waals surface area contributed by atoms with Gasteiger partial charge in [-0.1, -0.05) is 211 Å². The van der Waals surface area contributed by atoms with Gasteiger partial charge in [-0.05, 0) is 70.6 Å². The van der Waals surface area contributed by atoms with Crippen molar-refractivity contribution in [1.29, 1.82) is 0 Å². The van der Waals surface area contributed by atoms with E-state index in [1.165, 1.54) is 180 Å². The fourth-order valence-corrected chi connectivity index (χ4v) is 8.39. The zero-order valence-corrected chi connectivity index (χ0v) is 44.1. The molecule has 386 valence electrons. The van der Waals surface area contributed by atoms with Crippen molar-refractivity contribution in [3.63, 3.8) is 0 Å². The molecule has 0 aromatic rings. The normalized spacial score (nSPS) is 13.0. The van der Waals surface area contributed by atoms with E-state index >= 15 is 0 Å². The van der Waals surface area contributed by atoms with Crippen LogP contribution in [-0.4, -0.2) is 75.5 Å². The molecule has 0 aliphatic rings. The second-order valence-electron chi connectivity index (χ2n) is 20.2. The van der Waals surface area contributed by atoms with Crippen LogP contribution in [0.1, 0.15) is 264 Å². The summed E-state index contributed by atoms with van der Waals surface area (Å²) in [5.74, 6) is -1.74. The summed E-state index contributed by atoms with van der Waals surface area (Å²) >= 11 is 0. The van der Waals surface area contributed by atoms with E-state index < -0.39 is 18.1 Å². The van der Waals surface area contributed by atoms with Gasteiger partial charge in [0, 0.05) is 19.3 Å². The van der Waals surface area contributed by atoms with Crippen LogP contribution in [0.5, 0.6) is 0 Å². The summed E-state index contributed by atoms with van der Waals surface area (Å²) in [5.41, 5.74) is 0. The highest BCUT2D eigenvalue weighted by Gasteiger charge is 2.25. The average Bonchev–Trinajstić information content (AvgIpc) is 3.28. The van der Waals surface area contributed by atoms with Gasteiger partial charge in [0.15, 0.2) is 6.10 Å². The van der Waals surface area contributed by atoms with E-state index in [-0.39, 0.29) is 42.7 Å². The molecule has 0 N–H and O–H groups in total. The average molecular weight is 930 g/mol. The molecule has 2 unspecified atom stereocenters. The lowest BCUT2D eigenvalue weighted by molar-refractivity contribution is -0.889. The van der Waals surface area contributed by atoms with Crippen molar-refractivity contribution >= 4 is 17.9 Å². The first-order chi connectivity index (χ1) is 32.1. The monoisotopic (exact) mass is 930 g/mol. The van der Waals surface area contributed by atoms with E-state index in [0.29, 0.717) is 12.8 Å². The van der Waals surface area contributed by atoms with Gasteiger partial charge in [-0.25, -0.2) is 0 Å². The molecule has 0 aromatic heterocycles. The molecule has 0 amide bonds. The molecule has 0 rings (SSSR count). The molecule has 0 radical (unpaired) electrons. The number of carboxylic acids is 1. The third-order valence-corrected chi connectivity index (χ3v) is 12.7. The second kappa shape index (κ2) is 49.0. The minimum absolute atomic E-state index is 0.0380. The fraction of sp³-hybridized carbons (Fsp3) is 0.845. The van der Waals surface area contributed by atoms with Gasteiger partial charge in [-0.2, -0.15) is 0 Å². The molecule has 0 bridgehead atoms. The molecule has 66 heavy (non-hydrogen) atoms. The van der Waals surface area contributed by atoms with Gasteiger partial charge in [0.1, 0.15) is 12.6 Å². The number of nitrogens with zero attached hydrogens (tertiary/aromatic N) is 1. The summed E-state index contributed by atoms with van der Waals surface area (Å²) in [5, 5.41) is 11.7. The van der Waals surface area contributed by atoms with Crippen molar-refractivity contribution < 1.29 is 38.2 Å². The number of hydrogen-bond donors (Lipinski definition) is 0. The minimum atomic E-state index is -1.12. The van der Waals surface area contributed by atoms with Crippen molar-refractivity contribution in [3.8, 4) is 0 Å². The number of ether oxygens (including phenoxy) is 3. The molecule has 0 aliphatic heterocycles. The van der Waals surface area contributed by atoms with Gasteiger partial charge in [-0.15, -0.1) is 0 Å². The molecule has 2 atom stereocenters. The summed E-state index contributed by atoms with van der Waals surface area (Å²) in [6, 6.07) is -0.728. The molecule has 8 heteroatoms. The zero-order valence-electron chi connectivity index (χ0n) is 44.1. The van der Waals surface area contributed by atoms with Crippen molar-refractivity contribution in [2.24, 2.45) is 0 Å². The molecule has 8 nitrogen and oxygen atoms in total. The van der Waals surface area contributed by atoms with E-state index in [2.05, 4.69) is 50.3 Å². The number of hydrogen-bond acceptors (Lipinski definition) is 7. The standard InChI is InChI=1S/C58H107NO7/c1-6-8-10-12-14-16-18-20-22-24-26-28-29-31-33-35-37-39-41-43-45-47-49-57(61)66-54(52-64-51-50-55(58(62)63)59(3,4)5)53-65-56(60)48-46-44-42-40-38-36-34-32-30-27-25-23-21-19-17-15-13-11-9-7-2/h24,26-27,29-31,54-55H,6-23,25,28,32-53H2,1-5H3/b26-24+,30-27+,31-29+. The van der Waals surface area contributed by atoms with Crippen LogP contribution in [0.25, 0.3) is 0 Å². The van der Waals surface area contributed by atoms with E-state index in [0.717, 1.165) is 51.4 Å². The van der Waals surface area contributed by atoms with Crippen molar-refractivity contribution in [2.75, 3.05) is 41.0 Å². The maximum atomic E-state index is 12.8. The topological polar surface area (TPSA) is 102 Å². The number of carbonyl (C=O) groups excluding carboxylic acids is 3. The highest BCUT2D eigenvalue weighted by Crippen LogP contribution is 2.16. The Kier molecular flexibility index (Phi) is 47.2. The quantitative estimate of drug-likeness (QED) is 0.0259. The Morgan fingerprint density at radius 1 is 0.455 bits per heavy atom. The summed E-state index contributed by atoms with van der Waals surface area (Å²) < 4.78 is 17.3. The summed E-state index contributed by atoms with van der Waals surface area (Å²) in [6.07, 6.45) is 58.9. The zero-order chi connectivity index (χ0) is 48.4. The first-order valence-corrected chi connectivity index (χ1v) is 28.0. The van der Waals surface area contributed by atoms with Gasteiger partial charge in [0.05, 0.1) is 40.3 Å². The summed E-state index contributed by atoms with van der Waals surface area (Å²) in [6.45, 7) is 4.69. The first-order valence-electron chi connectivity index (χ1n) is 28.0. The lowest BCUT2D eigenvalue weighted by Crippen LogP contribution is -2.55. The molecule has 0 saturated carbocycles. The summed E-state index contributed by atoms with van der Waals surface area (Å²) in [7, 11) is 5.42. The molecule has 0 saturated heterocycles. The van der Waals surface area contributed by atoms with Gasteiger partial charge in [0.25, 0.3) is 0 Å². The van der Waals surface area contributed by atoms with Crippen LogP contribution >= 0.6 is 0 Å². The van der Waals surface area contributed by atoms with Crippen molar-refractivity contribution in [1.82, 2.24) is 0 Å². The van der Waals surface area contributed by atoms with Crippen LogP contribution in [0.15, 0.2) is 36.5 Å². The largest absolute Gasteiger partial charge is 0.544 e. The van der Waals surface area contributed by atoms with Crippen LogP contribution in [0.2, 0.25) is 0 Å². The van der Waals surface area contributed by atoms with E-state index in [1.807, 2.05) is 21.1 Å². The van der Waals surface area contributed by atoms with Crippen LogP contribution < -0.4 is 5.11 Å². The maximum Gasteiger partial charge on any atom is 0.306 e. The van der Waals surface area contributed by atoms with E-state index in [1.54, 1.807) is 0 Å². The Morgan fingerprint density at radius 2 is 0.803 bits per heavy atom. The third kappa shape index (κ3) is 46.7. The predicted molar refractivity (Wildman–Crippen MR) is 277 cm³/mol. The fourth-order valence-electron chi connectivity index (χ4n) is 8.39. The number of carbonyl (C=O) groups is 3. The Morgan fingerprint density at radius 3 is 1.18 bits per heavy atom. The highest BCUT2D eigenvalue weighted by atomic mass is 16.6.